The summed E-state index contributed by atoms with van der Waals surface area (Å²) < 4.78 is 14.1. The van der Waals surface area contributed by atoms with Gasteiger partial charge in [-0.15, -0.1) is 0 Å². The van der Waals surface area contributed by atoms with Gasteiger partial charge in [-0.2, -0.15) is 5.10 Å². The molecule has 0 fully saturated rings. The number of H-pyrrole nitrogens is 1. The van der Waals surface area contributed by atoms with Crippen LogP contribution in [0.1, 0.15) is 10.4 Å². The van der Waals surface area contributed by atoms with Gasteiger partial charge in [0, 0.05) is 15.6 Å². The predicted octanol–water partition coefficient (Wildman–Crippen LogP) is 4.89. The van der Waals surface area contributed by atoms with Crippen LogP contribution in [0.5, 0.6) is 0 Å². The first-order valence-corrected chi connectivity index (χ1v) is 8.46. The van der Waals surface area contributed by atoms with Gasteiger partial charge < -0.3 is 5.11 Å². The molecule has 0 saturated carbocycles. The molecule has 0 aliphatic heterocycles. The Morgan fingerprint density at radius 2 is 1.69 bits per heavy atom. The van der Waals surface area contributed by atoms with Crippen molar-refractivity contribution in [3.8, 4) is 22.5 Å². The molecule has 0 saturated heterocycles. The number of nitrogens with one attached hydrogen (secondary N) is 1. The Morgan fingerprint density at radius 1 is 1.04 bits per heavy atom. The average molecular weight is 412 g/mol. The van der Waals surface area contributed by atoms with Crippen LogP contribution < -0.4 is 0 Å². The van der Waals surface area contributed by atoms with E-state index in [-0.39, 0.29) is 11.4 Å². The van der Waals surface area contributed by atoms with E-state index in [4.69, 9.17) is 0 Å². The van der Waals surface area contributed by atoms with Crippen LogP contribution in [0.4, 0.5) is 4.39 Å². The van der Waals surface area contributed by atoms with Crippen molar-refractivity contribution in [3.05, 3.63) is 70.5 Å². The van der Waals surface area contributed by atoms with Crippen LogP contribution in [0.2, 0.25) is 0 Å². The maximum Gasteiger partial charge on any atom is 0.336 e. The number of rotatable bonds is 3. The van der Waals surface area contributed by atoms with E-state index < -0.39 is 5.97 Å². The van der Waals surface area contributed by atoms with E-state index in [1.54, 1.807) is 12.1 Å². The summed E-state index contributed by atoms with van der Waals surface area (Å²) in [6, 6.07) is 14.7. The lowest BCUT2D eigenvalue weighted by Crippen LogP contribution is -2.00. The SMILES string of the molecule is O=C(O)c1cc(-c2ccc(Br)cc2)nc2n[nH]c(-c3ccc(F)cc3)c12. The van der Waals surface area contributed by atoms with Gasteiger partial charge in [0.1, 0.15) is 5.82 Å². The first kappa shape index (κ1) is 16.4. The van der Waals surface area contributed by atoms with Crippen molar-refractivity contribution in [1.82, 2.24) is 15.2 Å². The number of aromatic amines is 1. The van der Waals surface area contributed by atoms with Crippen molar-refractivity contribution in [2.45, 2.75) is 0 Å². The third kappa shape index (κ3) is 2.86. The Morgan fingerprint density at radius 3 is 2.35 bits per heavy atom. The molecule has 0 unspecified atom stereocenters. The fourth-order valence-electron chi connectivity index (χ4n) is 2.79. The molecule has 0 radical (unpaired) electrons. The number of carboxylic acid groups (broad SMARTS) is 1. The zero-order chi connectivity index (χ0) is 18.3. The summed E-state index contributed by atoms with van der Waals surface area (Å²) in [7, 11) is 0. The second-order valence-electron chi connectivity index (χ2n) is 5.67. The number of nitrogens with zero attached hydrogens (tertiary/aromatic N) is 2. The lowest BCUT2D eigenvalue weighted by Gasteiger charge is -2.06. The van der Waals surface area contributed by atoms with Crippen LogP contribution in [0, 0.1) is 5.82 Å². The number of benzene rings is 2. The van der Waals surface area contributed by atoms with Crippen molar-refractivity contribution in [2.24, 2.45) is 0 Å². The van der Waals surface area contributed by atoms with Crippen LogP contribution in [0.25, 0.3) is 33.5 Å². The number of halogens is 2. The van der Waals surface area contributed by atoms with E-state index in [0.29, 0.717) is 28.0 Å². The second kappa shape index (κ2) is 6.34. The van der Waals surface area contributed by atoms with Crippen LogP contribution in [-0.2, 0) is 0 Å². The van der Waals surface area contributed by atoms with E-state index in [0.717, 1.165) is 10.0 Å². The number of fused-ring (bicyclic) bond motifs is 1. The van der Waals surface area contributed by atoms with E-state index in [9.17, 15) is 14.3 Å². The van der Waals surface area contributed by atoms with E-state index in [1.807, 2.05) is 24.3 Å². The van der Waals surface area contributed by atoms with Crippen LogP contribution in [0.15, 0.2) is 59.1 Å². The van der Waals surface area contributed by atoms with Gasteiger partial charge in [-0.25, -0.2) is 14.2 Å². The first-order valence-electron chi connectivity index (χ1n) is 7.67. The molecule has 0 spiro atoms. The molecule has 5 nitrogen and oxygen atoms in total. The molecule has 0 atom stereocenters. The summed E-state index contributed by atoms with van der Waals surface area (Å²) in [6.07, 6.45) is 0. The highest BCUT2D eigenvalue weighted by Crippen LogP contribution is 2.31. The Balaban J connectivity index is 1.94. The molecule has 2 heterocycles. The summed E-state index contributed by atoms with van der Waals surface area (Å²) in [5, 5.41) is 17.1. The topological polar surface area (TPSA) is 78.9 Å². The van der Waals surface area contributed by atoms with Crippen LogP contribution in [0.3, 0.4) is 0 Å². The van der Waals surface area contributed by atoms with Crippen molar-refractivity contribution >= 4 is 32.9 Å². The van der Waals surface area contributed by atoms with Crippen molar-refractivity contribution in [2.75, 3.05) is 0 Å². The third-order valence-corrected chi connectivity index (χ3v) is 4.56. The van der Waals surface area contributed by atoms with Gasteiger partial charge in [0.25, 0.3) is 0 Å². The van der Waals surface area contributed by atoms with Crippen molar-refractivity contribution < 1.29 is 14.3 Å². The molecule has 0 amide bonds. The molecular formula is C19H11BrFN3O2. The molecule has 4 rings (SSSR count). The molecule has 26 heavy (non-hydrogen) atoms. The molecule has 0 bridgehead atoms. The largest absolute Gasteiger partial charge is 0.478 e. The summed E-state index contributed by atoms with van der Waals surface area (Å²) >= 11 is 3.37. The molecular weight excluding hydrogens is 401 g/mol. The van der Waals surface area contributed by atoms with Crippen molar-refractivity contribution in [3.63, 3.8) is 0 Å². The Labute approximate surface area is 155 Å². The number of carboxylic acids is 1. The van der Waals surface area contributed by atoms with Gasteiger partial charge in [0.05, 0.1) is 22.3 Å². The van der Waals surface area contributed by atoms with E-state index in [2.05, 4.69) is 31.1 Å². The maximum absolute atomic E-state index is 13.2. The summed E-state index contributed by atoms with van der Waals surface area (Å²) in [5.74, 6) is -1.45. The van der Waals surface area contributed by atoms with Gasteiger partial charge in [0.15, 0.2) is 5.65 Å². The molecule has 7 heteroatoms. The number of hydrogen-bond donors (Lipinski definition) is 2. The highest BCUT2D eigenvalue weighted by molar-refractivity contribution is 9.10. The van der Waals surface area contributed by atoms with Crippen LogP contribution in [-0.4, -0.2) is 26.3 Å². The fraction of sp³-hybridized carbons (Fsp3) is 0. The Bertz CT molecular complexity index is 1120. The van der Waals surface area contributed by atoms with Crippen molar-refractivity contribution in [1.29, 1.82) is 0 Å². The number of pyridine rings is 1. The highest BCUT2D eigenvalue weighted by Gasteiger charge is 2.19. The summed E-state index contributed by atoms with van der Waals surface area (Å²) in [5.41, 5.74) is 2.80. The zero-order valence-corrected chi connectivity index (χ0v) is 14.8. The first-order chi connectivity index (χ1) is 12.5. The van der Waals surface area contributed by atoms with Crippen LogP contribution >= 0.6 is 15.9 Å². The predicted molar refractivity (Wildman–Crippen MR) is 99.4 cm³/mol. The third-order valence-electron chi connectivity index (χ3n) is 4.03. The van der Waals surface area contributed by atoms with Gasteiger partial charge in [-0.1, -0.05) is 28.1 Å². The molecule has 4 aromatic rings. The molecule has 0 aliphatic carbocycles. The summed E-state index contributed by atoms with van der Waals surface area (Å²) in [4.78, 5) is 16.3. The maximum atomic E-state index is 13.2. The monoisotopic (exact) mass is 411 g/mol. The number of hydrogen-bond acceptors (Lipinski definition) is 3. The highest BCUT2D eigenvalue weighted by atomic mass is 79.9. The van der Waals surface area contributed by atoms with Gasteiger partial charge in [-0.3, -0.25) is 5.10 Å². The molecule has 2 N–H and O–H groups in total. The number of carbonyl (C=O) groups is 1. The lowest BCUT2D eigenvalue weighted by molar-refractivity contribution is 0.0699. The second-order valence-corrected chi connectivity index (χ2v) is 6.59. The van der Waals surface area contributed by atoms with E-state index in [1.165, 1.54) is 18.2 Å². The minimum absolute atomic E-state index is 0.0843. The van der Waals surface area contributed by atoms with E-state index >= 15 is 0 Å². The molecule has 128 valence electrons. The smallest absolute Gasteiger partial charge is 0.336 e. The average Bonchev–Trinajstić information content (AvgIpc) is 3.06. The Hall–Kier alpha value is -3.06. The quantitative estimate of drug-likeness (QED) is 0.502. The molecule has 2 aromatic heterocycles. The van der Waals surface area contributed by atoms with Gasteiger partial charge in [0.2, 0.25) is 0 Å². The lowest BCUT2D eigenvalue weighted by atomic mass is 10.0. The number of aromatic nitrogens is 3. The number of aromatic carboxylic acids is 1. The Kier molecular flexibility index (Phi) is 4.00. The normalized spacial score (nSPS) is 11.0. The molecule has 2 aromatic carbocycles. The minimum atomic E-state index is -1.08. The fourth-order valence-corrected chi connectivity index (χ4v) is 3.05. The minimum Gasteiger partial charge on any atom is -0.478 e. The van der Waals surface area contributed by atoms with Gasteiger partial charge >= 0.3 is 5.97 Å². The summed E-state index contributed by atoms with van der Waals surface area (Å²) in [6.45, 7) is 0. The van der Waals surface area contributed by atoms with Gasteiger partial charge in [-0.05, 0) is 42.5 Å². The standard InChI is InChI=1S/C19H11BrFN3O2/c20-12-5-1-10(2-6-12)15-9-14(19(25)26)16-17(23-24-18(16)22-15)11-3-7-13(21)8-4-11/h1-9H,(H,25,26)(H,22,23,24). The zero-order valence-electron chi connectivity index (χ0n) is 13.2. The molecule has 0 aliphatic rings.